The van der Waals surface area contributed by atoms with E-state index in [9.17, 15) is 0 Å². The van der Waals surface area contributed by atoms with Crippen LogP contribution in [-0.4, -0.2) is 24.5 Å². The molecule has 0 aliphatic heterocycles. The van der Waals surface area contributed by atoms with E-state index >= 15 is 0 Å². The quantitative estimate of drug-likeness (QED) is 0.377. The Morgan fingerprint density at radius 2 is 2.38 bits per heavy atom. The van der Waals surface area contributed by atoms with Gasteiger partial charge in [-0.15, -0.1) is 41.9 Å². The Morgan fingerprint density at radius 3 is 2.88 bits per heavy atom. The number of aromatic nitrogens is 1. The van der Waals surface area contributed by atoms with E-state index in [0.29, 0.717) is 6.54 Å². The maximum Gasteiger partial charge on any atom is 0.191 e. The summed E-state index contributed by atoms with van der Waals surface area (Å²) in [4.78, 5) is 9.50. The molecule has 0 saturated heterocycles. The zero-order valence-corrected chi connectivity index (χ0v) is 12.6. The van der Waals surface area contributed by atoms with Crippen molar-refractivity contribution < 1.29 is 0 Å². The highest BCUT2D eigenvalue weighted by Gasteiger charge is 2.01. The molecule has 6 heteroatoms. The summed E-state index contributed by atoms with van der Waals surface area (Å²) in [5, 5.41) is 6.32. The van der Waals surface area contributed by atoms with Crippen LogP contribution in [-0.2, 0) is 6.54 Å². The summed E-state index contributed by atoms with van der Waals surface area (Å²) in [5.74, 6) is 0.780. The van der Waals surface area contributed by atoms with E-state index in [1.54, 1.807) is 24.5 Å². The molecule has 0 aromatic carbocycles. The van der Waals surface area contributed by atoms with E-state index in [1.807, 2.05) is 12.4 Å². The van der Waals surface area contributed by atoms with Gasteiger partial charge in [0.15, 0.2) is 5.96 Å². The maximum atomic E-state index is 4.18. The number of aryl methyl sites for hydroxylation is 1. The van der Waals surface area contributed by atoms with Gasteiger partial charge in [0.2, 0.25) is 0 Å². The molecule has 0 fully saturated rings. The number of guanidine groups is 1. The van der Waals surface area contributed by atoms with Crippen LogP contribution >= 0.6 is 35.3 Å². The number of hydrogen-bond donors (Lipinski definition) is 2. The highest BCUT2D eigenvalue weighted by atomic mass is 127. The molecular weight excluding hydrogens is 335 g/mol. The van der Waals surface area contributed by atoms with Crippen molar-refractivity contribution in [3.63, 3.8) is 0 Å². The van der Waals surface area contributed by atoms with Crippen molar-refractivity contribution in [2.75, 3.05) is 13.6 Å². The van der Waals surface area contributed by atoms with E-state index in [0.717, 1.165) is 18.2 Å². The monoisotopic (exact) mass is 352 g/mol. The molecular formula is C10H17IN4S. The van der Waals surface area contributed by atoms with Crippen LogP contribution in [0.15, 0.2) is 23.2 Å². The first-order valence-electron chi connectivity index (χ1n) is 4.72. The van der Waals surface area contributed by atoms with Crippen molar-refractivity contribution in [1.82, 2.24) is 15.6 Å². The number of thiazole rings is 1. The van der Waals surface area contributed by atoms with E-state index in [4.69, 9.17) is 0 Å². The van der Waals surface area contributed by atoms with Crippen LogP contribution in [0.2, 0.25) is 0 Å². The second-order valence-corrected chi connectivity index (χ2v) is 3.90. The van der Waals surface area contributed by atoms with Crippen LogP contribution in [0, 0.1) is 6.92 Å². The predicted molar refractivity (Wildman–Crippen MR) is 80.7 cm³/mol. The molecule has 0 saturated carbocycles. The number of aliphatic imine (C=N–C) groups is 1. The van der Waals surface area contributed by atoms with Gasteiger partial charge in [-0.05, 0) is 6.92 Å². The summed E-state index contributed by atoms with van der Waals surface area (Å²) in [6, 6.07) is 0. The number of hydrogen-bond acceptors (Lipinski definition) is 3. The molecule has 0 aliphatic carbocycles. The molecule has 0 spiro atoms. The van der Waals surface area contributed by atoms with Crippen molar-refractivity contribution in [1.29, 1.82) is 0 Å². The van der Waals surface area contributed by atoms with Crippen LogP contribution in [0.4, 0.5) is 0 Å². The largest absolute Gasteiger partial charge is 0.353 e. The maximum absolute atomic E-state index is 4.18. The molecule has 0 radical (unpaired) electrons. The average molecular weight is 352 g/mol. The van der Waals surface area contributed by atoms with E-state index < -0.39 is 0 Å². The molecule has 0 unspecified atom stereocenters. The number of nitrogens with zero attached hydrogens (tertiary/aromatic N) is 2. The summed E-state index contributed by atoms with van der Waals surface area (Å²) in [7, 11) is 1.75. The van der Waals surface area contributed by atoms with Gasteiger partial charge >= 0.3 is 0 Å². The third kappa shape index (κ3) is 4.93. The van der Waals surface area contributed by atoms with Crippen LogP contribution in [0.3, 0.4) is 0 Å². The molecule has 1 rings (SSSR count). The molecule has 0 bridgehead atoms. The number of nitrogens with one attached hydrogen (secondary N) is 2. The number of halogens is 1. The van der Waals surface area contributed by atoms with Crippen molar-refractivity contribution in [3.05, 3.63) is 28.7 Å². The van der Waals surface area contributed by atoms with Gasteiger partial charge in [0.25, 0.3) is 0 Å². The lowest BCUT2D eigenvalue weighted by atomic mass is 10.4. The summed E-state index contributed by atoms with van der Waals surface area (Å²) < 4.78 is 0. The van der Waals surface area contributed by atoms with Crippen molar-refractivity contribution >= 4 is 41.3 Å². The Balaban J connectivity index is 0.00000225. The van der Waals surface area contributed by atoms with Gasteiger partial charge in [-0.3, -0.25) is 4.99 Å². The second kappa shape index (κ2) is 8.51. The molecule has 2 N–H and O–H groups in total. The minimum Gasteiger partial charge on any atom is -0.353 e. The summed E-state index contributed by atoms with van der Waals surface area (Å²) in [5.41, 5.74) is 2.93. The van der Waals surface area contributed by atoms with Crippen molar-refractivity contribution in [2.24, 2.45) is 4.99 Å². The van der Waals surface area contributed by atoms with Gasteiger partial charge in [0.05, 0.1) is 17.7 Å². The minimum atomic E-state index is 0. The fourth-order valence-corrected chi connectivity index (χ4v) is 1.77. The Bertz CT molecular complexity index is 348. The van der Waals surface area contributed by atoms with Crippen LogP contribution in [0.25, 0.3) is 0 Å². The first-order valence-corrected chi connectivity index (χ1v) is 5.60. The molecule has 1 heterocycles. The fourth-order valence-electron chi connectivity index (χ4n) is 1.05. The van der Waals surface area contributed by atoms with Crippen LogP contribution < -0.4 is 10.6 Å². The molecule has 0 atom stereocenters. The van der Waals surface area contributed by atoms with Gasteiger partial charge in [0, 0.05) is 18.5 Å². The molecule has 0 amide bonds. The SMILES string of the molecule is C=CCNC(=NC)NCc1scnc1C.I. The van der Waals surface area contributed by atoms with E-state index in [2.05, 4.69) is 27.2 Å². The summed E-state index contributed by atoms with van der Waals surface area (Å²) >= 11 is 1.65. The van der Waals surface area contributed by atoms with Gasteiger partial charge in [-0.1, -0.05) is 6.08 Å². The zero-order chi connectivity index (χ0) is 11.1. The lowest BCUT2D eigenvalue weighted by molar-refractivity contribution is 0.851. The first kappa shape index (κ1) is 15.4. The third-order valence-corrected chi connectivity index (χ3v) is 2.83. The zero-order valence-electron chi connectivity index (χ0n) is 9.49. The Hall–Kier alpha value is -0.630. The van der Waals surface area contributed by atoms with Gasteiger partial charge < -0.3 is 10.6 Å². The molecule has 4 nitrogen and oxygen atoms in total. The average Bonchev–Trinajstić information content (AvgIpc) is 2.65. The highest BCUT2D eigenvalue weighted by Crippen LogP contribution is 2.10. The Morgan fingerprint density at radius 1 is 1.62 bits per heavy atom. The van der Waals surface area contributed by atoms with Crippen molar-refractivity contribution in [2.45, 2.75) is 13.5 Å². The van der Waals surface area contributed by atoms with Crippen molar-refractivity contribution in [3.8, 4) is 0 Å². The molecule has 90 valence electrons. The predicted octanol–water partition coefficient (Wildman–Crippen LogP) is 1.92. The highest BCUT2D eigenvalue weighted by molar-refractivity contribution is 14.0. The standard InChI is InChI=1S/C10H16N4S.HI/c1-4-5-12-10(11-3)13-6-9-8(2)14-7-15-9;/h4,7H,1,5-6H2,2-3H3,(H2,11,12,13);1H. The molecule has 0 aliphatic rings. The summed E-state index contributed by atoms with van der Waals surface area (Å²) in [6.45, 7) is 7.11. The number of rotatable bonds is 4. The lowest BCUT2D eigenvalue weighted by Gasteiger charge is -2.09. The molecule has 16 heavy (non-hydrogen) atoms. The smallest absolute Gasteiger partial charge is 0.191 e. The Kier molecular flexibility index (Phi) is 8.18. The van der Waals surface area contributed by atoms with Gasteiger partial charge in [0.1, 0.15) is 0 Å². The fraction of sp³-hybridized carbons (Fsp3) is 0.400. The minimum absolute atomic E-state index is 0. The van der Waals surface area contributed by atoms with Crippen LogP contribution in [0.5, 0.6) is 0 Å². The normalized spacial score (nSPS) is 10.5. The van der Waals surface area contributed by atoms with Crippen LogP contribution in [0.1, 0.15) is 10.6 Å². The summed E-state index contributed by atoms with van der Waals surface area (Å²) in [6.07, 6.45) is 1.80. The lowest BCUT2D eigenvalue weighted by Crippen LogP contribution is -2.36. The first-order chi connectivity index (χ1) is 7.27. The Labute approximate surface area is 117 Å². The van der Waals surface area contributed by atoms with E-state index in [-0.39, 0.29) is 24.0 Å². The topological polar surface area (TPSA) is 49.3 Å². The molecule has 1 aromatic heterocycles. The van der Waals surface area contributed by atoms with E-state index in [1.165, 1.54) is 4.88 Å². The second-order valence-electron chi connectivity index (χ2n) is 2.96. The van der Waals surface area contributed by atoms with Gasteiger partial charge in [-0.2, -0.15) is 0 Å². The third-order valence-electron chi connectivity index (χ3n) is 1.90. The molecule has 1 aromatic rings. The van der Waals surface area contributed by atoms with Gasteiger partial charge in [-0.25, -0.2) is 4.98 Å².